The third kappa shape index (κ3) is 4.65. The maximum atomic E-state index is 5.78. The van der Waals surface area contributed by atoms with E-state index >= 15 is 0 Å². The quantitative estimate of drug-likeness (QED) is 0.255. The van der Waals surface area contributed by atoms with E-state index in [0.29, 0.717) is 6.61 Å². The number of hydrogen-bond acceptors (Lipinski definition) is 3. The van der Waals surface area contributed by atoms with Gasteiger partial charge in [0.15, 0.2) is 0 Å². The predicted molar refractivity (Wildman–Crippen MR) is 156 cm³/mol. The highest BCUT2D eigenvalue weighted by Gasteiger charge is 2.43. The first-order chi connectivity index (χ1) is 18.9. The largest absolute Gasteiger partial charge is 0.476 e. The highest BCUT2D eigenvalue weighted by atomic mass is 16.5. The van der Waals surface area contributed by atoms with Crippen molar-refractivity contribution in [2.45, 2.75) is 31.2 Å². The smallest absolute Gasteiger partial charge is 0.216 e. The number of rotatable bonds is 6. The molecule has 6 rings (SSSR count). The third-order valence-electron chi connectivity index (χ3n) is 7.72. The molecule has 4 aromatic rings. The molecule has 2 aliphatic rings. The first-order valence-electron chi connectivity index (χ1n) is 13.8. The van der Waals surface area contributed by atoms with Crippen molar-refractivity contribution in [3.63, 3.8) is 0 Å². The van der Waals surface area contributed by atoms with Crippen LogP contribution >= 0.6 is 0 Å². The second-order valence-corrected chi connectivity index (χ2v) is 10.1. The summed E-state index contributed by atoms with van der Waals surface area (Å²) in [6.45, 7) is 2.38. The van der Waals surface area contributed by atoms with Gasteiger partial charge in [0.05, 0.1) is 6.54 Å². The van der Waals surface area contributed by atoms with E-state index in [2.05, 4.69) is 131 Å². The summed E-state index contributed by atoms with van der Waals surface area (Å²) in [7, 11) is 0. The molecular formula is C35H34N2O. The molecule has 0 bridgehead atoms. The zero-order chi connectivity index (χ0) is 25.6. The van der Waals surface area contributed by atoms with Gasteiger partial charge in [-0.2, -0.15) is 0 Å². The number of nitrogens with zero attached hydrogens (tertiary/aromatic N) is 2. The molecule has 1 saturated heterocycles. The molecule has 0 atom stereocenters. The van der Waals surface area contributed by atoms with Gasteiger partial charge < -0.3 is 9.64 Å². The van der Waals surface area contributed by atoms with Gasteiger partial charge in [-0.15, -0.1) is 0 Å². The molecular weight excluding hydrogens is 464 g/mol. The van der Waals surface area contributed by atoms with Crippen LogP contribution in [0.5, 0.6) is 0 Å². The number of aliphatic imine (C=N–C) groups is 1. The van der Waals surface area contributed by atoms with Crippen molar-refractivity contribution >= 4 is 12.0 Å². The van der Waals surface area contributed by atoms with Crippen molar-refractivity contribution < 1.29 is 4.74 Å². The number of benzene rings is 4. The van der Waals surface area contributed by atoms with Crippen molar-refractivity contribution in [1.29, 1.82) is 0 Å². The lowest BCUT2D eigenvalue weighted by molar-refractivity contribution is 0.211. The van der Waals surface area contributed by atoms with Gasteiger partial charge in [0.1, 0.15) is 12.1 Å². The SMILES string of the molecule is C(=C1CCCCCN1C(c1ccccc1)(c1ccccc1)c1ccc(C2=NCCO2)cc1)c1ccccc1. The van der Waals surface area contributed by atoms with Crippen molar-refractivity contribution in [3.05, 3.63) is 149 Å². The number of likely N-dealkylation sites (tertiary alicyclic amines) is 1. The summed E-state index contributed by atoms with van der Waals surface area (Å²) in [5.41, 5.74) is 6.98. The lowest BCUT2D eigenvalue weighted by Gasteiger charge is -2.48. The van der Waals surface area contributed by atoms with Crippen LogP contribution in [0.3, 0.4) is 0 Å². The standard InChI is InChI=1S/C35H34N2O/c1-5-13-28(14-6-1)27-33-19-11-4-12-25-37(33)35(30-15-7-2-8-16-30,31-17-9-3-10-18-31)32-22-20-29(21-23-32)34-36-24-26-38-34/h1-3,5-10,13-18,20-23,27H,4,11-12,19,24-26H2. The summed E-state index contributed by atoms with van der Waals surface area (Å²) >= 11 is 0. The van der Waals surface area contributed by atoms with E-state index in [4.69, 9.17) is 4.74 Å². The van der Waals surface area contributed by atoms with Crippen LogP contribution < -0.4 is 0 Å². The van der Waals surface area contributed by atoms with E-state index in [-0.39, 0.29) is 0 Å². The molecule has 1 fully saturated rings. The molecule has 0 unspecified atom stereocenters. The van der Waals surface area contributed by atoms with E-state index in [1.165, 1.54) is 40.8 Å². The van der Waals surface area contributed by atoms with Crippen LogP contribution in [0, 0.1) is 0 Å². The average Bonchev–Trinajstić information content (AvgIpc) is 3.44. The summed E-state index contributed by atoms with van der Waals surface area (Å²) in [5.74, 6) is 0.751. The normalized spacial score (nSPS) is 17.1. The molecule has 3 heteroatoms. The number of allylic oxidation sites excluding steroid dienone is 1. The van der Waals surface area contributed by atoms with Crippen LogP contribution in [-0.4, -0.2) is 30.5 Å². The summed E-state index contributed by atoms with van der Waals surface area (Å²) in [6.07, 6.45) is 7.06. The minimum absolute atomic E-state index is 0.482. The summed E-state index contributed by atoms with van der Waals surface area (Å²) < 4.78 is 5.78. The van der Waals surface area contributed by atoms with Crippen LogP contribution in [0.4, 0.5) is 0 Å². The minimum Gasteiger partial charge on any atom is -0.476 e. The number of hydrogen-bond donors (Lipinski definition) is 0. The molecule has 3 nitrogen and oxygen atoms in total. The van der Waals surface area contributed by atoms with Crippen LogP contribution in [0.25, 0.3) is 6.08 Å². The maximum absolute atomic E-state index is 5.78. The Balaban J connectivity index is 1.60. The molecule has 0 amide bonds. The van der Waals surface area contributed by atoms with Gasteiger partial charge in [0.25, 0.3) is 0 Å². The van der Waals surface area contributed by atoms with Crippen molar-refractivity contribution in [1.82, 2.24) is 4.90 Å². The lowest BCUT2D eigenvalue weighted by Crippen LogP contribution is -2.47. The van der Waals surface area contributed by atoms with Gasteiger partial charge in [0.2, 0.25) is 5.90 Å². The van der Waals surface area contributed by atoms with Gasteiger partial charge in [-0.3, -0.25) is 0 Å². The zero-order valence-electron chi connectivity index (χ0n) is 21.8. The molecule has 0 aliphatic carbocycles. The second-order valence-electron chi connectivity index (χ2n) is 10.1. The molecule has 2 aliphatic heterocycles. The third-order valence-corrected chi connectivity index (χ3v) is 7.72. The van der Waals surface area contributed by atoms with Crippen LogP contribution in [0.1, 0.15) is 53.5 Å². The van der Waals surface area contributed by atoms with E-state index < -0.39 is 5.54 Å². The molecule has 0 spiro atoms. The van der Waals surface area contributed by atoms with Crippen molar-refractivity contribution in [2.24, 2.45) is 4.99 Å². The molecule has 4 aromatic carbocycles. The molecule has 2 heterocycles. The monoisotopic (exact) mass is 498 g/mol. The fourth-order valence-electron chi connectivity index (χ4n) is 6.00. The van der Waals surface area contributed by atoms with Gasteiger partial charge >= 0.3 is 0 Å². The summed E-state index contributed by atoms with van der Waals surface area (Å²) in [5, 5.41) is 0. The van der Waals surface area contributed by atoms with Gasteiger partial charge in [-0.05, 0) is 59.7 Å². The fraction of sp³-hybridized carbons (Fsp3) is 0.229. The van der Waals surface area contributed by atoms with E-state index in [1.807, 2.05) is 0 Å². The first-order valence-corrected chi connectivity index (χ1v) is 13.8. The Bertz CT molecular complexity index is 1350. The van der Waals surface area contributed by atoms with E-state index in [1.54, 1.807) is 0 Å². The molecule has 190 valence electrons. The lowest BCUT2D eigenvalue weighted by atomic mass is 9.74. The highest BCUT2D eigenvalue weighted by molar-refractivity contribution is 5.95. The Hall–Kier alpha value is -4.11. The Morgan fingerprint density at radius 3 is 1.87 bits per heavy atom. The van der Waals surface area contributed by atoms with Crippen LogP contribution in [0.15, 0.2) is 126 Å². The van der Waals surface area contributed by atoms with E-state index in [0.717, 1.165) is 37.4 Å². The zero-order valence-corrected chi connectivity index (χ0v) is 21.8. The predicted octanol–water partition coefficient (Wildman–Crippen LogP) is 7.67. The molecule has 0 N–H and O–H groups in total. The molecule has 0 radical (unpaired) electrons. The molecule has 38 heavy (non-hydrogen) atoms. The summed E-state index contributed by atoms with van der Waals surface area (Å²) in [4.78, 5) is 7.24. The Kier molecular flexibility index (Phi) is 7.08. The fourth-order valence-corrected chi connectivity index (χ4v) is 6.00. The molecule has 0 aromatic heterocycles. The summed E-state index contributed by atoms with van der Waals surface area (Å²) in [6, 6.07) is 41.7. The Morgan fingerprint density at radius 1 is 0.658 bits per heavy atom. The first kappa shape index (κ1) is 24.2. The van der Waals surface area contributed by atoms with E-state index in [9.17, 15) is 0 Å². The number of ether oxygens (including phenoxy) is 1. The minimum atomic E-state index is -0.482. The second kappa shape index (κ2) is 11.1. The molecule has 0 saturated carbocycles. The van der Waals surface area contributed by atoms with Crippen LogP contribution in [-0.2, 0) is 10.3 Å². The van der Waals surface area contributed by atoms with Gasteiger partial charge in [-0.25, -0.2) is 4.99 Å². The Morgan fingerprint density at radius 2 is 1.26 bits per heavy atom. The average molecular weight is 499 g/mol. The topological polar surface area (TPSA) is 24.8 Å². The van der Waals surface area contributed by atoms with Gasteiger partial charge in [-0.1, -0.05) is 110 Å². The van der Waals surface area contributed by atoms with Crippen LogP contribution in [0.2, 0.25) is 0 Å². The van der Waals surface area contributed by atoms with Gasteiger partial charge in [0, 0.05) is 17.8 Å². The highest BCUT2D eigenvalue weighted by Crippen LogP contribution is 2.46. The Labute approximate surface area is 226 Å². The van der Waals surface area contributed by atoms with Crippen molar-refractivity contribution in [3.8, 4) is 0 Å². The van der Waals surface area contributed by atoms with Crippen molar-refractivity contribution in [2.75, 3.05) is 19.7 Å². The maximum Gasteiger partial charge on any atom is 0.216 e.